The number of halogens is 4. The van der Waals surface area contributed by atoms with Crippen molar-refractivity contribution in [2.45, 2.75) is 0 Å². The quantitative estimate of drug-likeness (QED) is 0.591. The number of rotatable bonds is 2. The molecule has 1 aliphatic heterocycles. The number of amidine groups is 1. The second-order valence-corrected chi connectivity index (χ2v) is 7.43. The summed E-state index contributed by atoms with van der Waals surface area (Å²) in [7, 11) is 0. The summed E-state index contributed by atoms with van der Waals surface area (Å²) in [6, 6.07) is 10.1. The zero-order valence-corrected chi connectivity index (χ0v) is 15.7. The van der Waals surface area contributed by atoms with E-state index in [4.69, 9.17) is 46.4 Å². The van der Waals surface area contributed by atoms with Crippen LogP contribution in [0.25, 0.3) is 6.08 Å². The molecular weight excluding hydrogens is 410 g/mol. The topological polar surface area (TPSA) is 41.5 Å². The van der Waals surface area contributed by atoms with Gasteiger partial charge in [0.25, 0.3) is 5.91 Å². The molecule has 1 saturated heterocycles. The molecule has 3 rings (SSSR count). The van der Waals surface area contributed by atoms with Crippen LogP contribution in [0.5, 0.6) is 0 Å². The Morgan fingerprint density at radius 1 is 0.958 bits per heavy atom. The molecule has 1 aliphatic rings. The Kier molecular flexibility index (Phi) is 5.42. The summed E-state index contributed by atoms with van der Waals surface area (Å²) < 4.78 is 0. The van der Waals surface area contributed by atoms with E-state index in [1.54, 1.807) is 42.5 Å². The summed E-state index contributed by atoms with van der Waals surface area (Å²) >= 11 is 25.0. The third kappa shape index (κ3) is 4.08. The van der Waals surface area contributed by atoms with Gasteiger partial charge >= 0.3 is 0 Å². The summed E-state index contributed by atoms with van der Waals surface area (Å²) in [5.41, 5.74) is 1.30. The van der Waals surface area contributed by atoms with Crippen molar-refractivity contribution in [3.05, 3.63) is 67.0 Å². The first kappa shape index (κ1) is 17.6. The van der Waals surface area contributed by atoms with Gasteiger partial charge < -0.3 is 5.32 Å². The molecule has 0 bridgehead atoms. The Bertz CT molecular complexity index is 896. The minimum Gasteiger partial charge on any atom is -0.300 e. The highest BCUT2D eigenvalue weighted by molar-refractivity contribution is 8.18. The van der Waals surface area contributed by atoms with Gasteiger partial charge in [0.15, 0.2) is 5.17 Å². The number of carbonyl (C=O) groups excluding carboxylic acids is 1. The second kappa shape index (κ2) is 7.38. The molecule has 0 unspecified atom stereocenters. The van der Waals surface area contributed by atoms with Crippen molar-refractivity contribution in [3.8, 4) is 0 Å². The molecule has 24 heavy (non-hydrogen) atoms. The molecule has 0 aliphatic carbocycles. The number of hydrogen-bond acceptors (Lipinski definition) is 3. The fraction of sp³-hybridized carbons (Fsp3) is 0. The third-order valence-electron chi connectivity index (χ3n) is 3.03. The fourth-order valence-electron chi connectivity index (χ4n) is 1.91. The molecule has 0 saturated carbocycles. The fourth-order valence-corrected chi connectivity index (χ4v) is 3.50. The second-order valence-electron chi connectivity index (χ2n) is 4.75. The van der Waals surface area contributed by atoms with E-state index in [1.165, 1.54) is 11.8 Å². The number of hydrogen-bond donors (Lipinski definition) is 1. The van der Waals surface area contributed by atoms with Gasteiger partial charge in [0.1, 0.15) is 0 Å². The maximum absolute atomic E-state index is 12.1. The lowest BCUT2D eigenvalue weighted by atomic mass is 10.2. The predicted molar refractivity (Wildman–Crippen MR) is 104 cm³/mol. The molecule has 1 N–H and O–H groups in total. The summed E-state index contributed by atoms with van der Waals surface area (Å²) in [5, 5.41) is 5.00. The molecule has 3 nitrogen and oxygen atoms in total. The largest absolute Gasteiger partial charge is 0.300 e. The van der Waals surface area contributed by atoms with Gasteiger partial charge in [0, 0.05) is 10.0 Å². The van der Waals surface area contributed by atoms with Crippen LogP contribution in [0.3, 0.4) is 0 Å². The monoisotopic (exact) mass is 416 g/mol. The minimum atomic E-state index is -0.246. The number of benzene rings is 2. The molecule has 122 valence electrons. The molecule has 2 aromatic rings. The van der Waals surface area contributed by atoms with Gasteiger partial charge in [-0.3, -0.25) is 4.79 Å². The van der Waals surface area contributed by atoms with Crippen molar-refractivity contribution in [1.29, 1.82) is 0 Å². The molecule has 1 amide bonds. The van der Waals surface area contributed by atoms with Gasteiger partial charge in [-0.05, 0) is 53.7 Å². The summed E-state index contributed by atoms with van der Waals surface area (Å²) in [5.74, 6) is -0.246. The van der Waals surface area contributed by atoms with Crippen molar-refractivity contribution in [1.82, 2.24) is 5.32 Å². The predicted octanol–water partition coefficient (Wildman–Crippen LogP) is 6.19. The lowest BCUT2D eigenvalue weighted by Crippen LogP contribution is -2.19. The van der Waals surface area contributed by atoms with Crippen LogP contribution in [0.2, 0.25) is 20.1 Å². The SMILES string of the molecule is O=C1NC(=Nc2ccc(Cl)c(Cl)c2)S/C1=C/c1ccc(Cl)cc1Cl. The summed E-state index contributed by atoms with van der Waals surface area (Å²) in [4.78, 5) is 16.9. The molecule has 8 heteroatoms. The highest BCUT2D eigenvalue weighted by Gasteiger charge is 2.24. The number of carbonyl (C=O) groups is 1. The van der Waals surface area contributed by atoms with Crippen LogP contribution in [-0.4, -0.2) is 11.1 Å². The maximum atomic E-state index is 12.1. The van der Waals surface area contributed by atoms with Crippen LogP contribution in [0.1, 0.15) is 5.56 Å². The zero-order valence-electron chi connectivity index (χ0n) is 11.8. The molecular formula is C16H8Cl4N2OS. The van der Waals surface area contributed by atoms with Crippen LogP contribution in [0.4, 0.5) is 5.69 Å². The van der Waals surface area contributed by atoms with Crippen molar-refractivity contribution in [2.75, 3.05) is 0 Å². The van der Waals surface area contributed by atoms with E-state index >= 15 is 0 Å². The summed E-state index contributed by atoms with van der Waals surface area (Å²) in [6.45, 7) is 0. The highest BCUT2D eigenvalue weighted by atomic mass is 35.5. The number of aliphatic imine (C=N–C) groups is 1. The van der Waals surface area contributed by atoms with Crippen LogP contribution < -0.4 is 5.32 Å². The average molecular weight is 418 g/mol. The lowest BCUT2D eigenvalue weighted by molar-refractivity contribution is -0.115. The van der Waals surface area contributed by atoms with E-state index in [0.29, 0.717) is 41.4 Å². The van der Waals surface area contributed by atoms with Gasteiger partial charge in [-0.2, -0.15) is 0 Å². The maximum Gasteiger partial charge on any atom is 0.264 e. The molecule has 1 heterocycles. The smallest absolute Gasteiger partial charge is 0.264 e. The Balaban J connectivity index is 1.86. The Labute approximate surface area is 162 Å². The van der Waals surface area contributed by atoms with E-state index in [2.05, 4.69) is 10.3 Å². The van der Waals surface area contributed by atoms with E-state index in [-0.39, 0.29) is 5.91 Å². The highest BCUT2D eigenvalue weighted by Crippen LogP contribution is 2.32. The molecule has 1 fully saturated rings. The first-order valence-electron chi connectivity index (χ1n) is 6.62. The Hall–Kier alpha value is -1.17. The van der Waals surface area contributed by atoms with Gasteiger partial charge in [-0.1, -0.05) is 52.5 Å². The molecule has 0 radical (unpaired) electrons. The Morgan fingerprint density at radius 3 is 2.46 bits per heavy atom. The zero-order chi connectivity index (χ0) is 17.3. The van der Waals surface area contributed by atoms with Gasteiger partial charge in [-0.25, -0.2) is 4.99 Å². The average Bonchev–Trinajstić information content (AvgIpc) is 2.85. The Morgan fingerprint density at radius 2 is 1.75 bits per heavy atom. The normalized spacial score (nSPS) is 17.6. The van der Waals surface area contributed by atoms with Crippen molar-refractivity contribution < 1.29 is 4.79 Å². The van der Waals surface area contributed by atoms with Crippen LogP contribution in [0, 0.1) is 0 Å². The number of nitrogens with one attached hydrogen (secondary N) is 1. The first-order valence-corrected chi connectivity index (χ1v) is 8.95. The molecule has 2 aromatic carbocycles. The van der Waals surface area contributed by atoms with Gasteiger partial charge in [0.2, 0.25) is 0 Å². The standard InChI is InChI=1S/C16H8Cl4N2OS/c17-9-2-1-8(12(19)6-9)5-14-15(23)22-16(24-14)21-10-3-4-11(18)13(20)7-10/h1-7H,(H,21,22,23)/b14-5+. The minimum absolute atomic E-state index is 0.246. The van der Waals surface area contributed by atoms with Gasteiger partial charge in [-0.15, -0.1) is 0 Å². The summed E-state index contributed by atoms with van der Waals surface area (Å²) in [6.07, 6.45) is 1.69. The van der Waals surface area contributed by atoms with Crippen LogP contribution in [-0.2, 0) is 4.79 Å². The number of amides is 1. The van der Waals surface area contributed by atoms with Crippen molar-refractivity contribution >= 4 is 81.0 Å². The van der Waals surface area contributed by atoms with E-state index in [0.717, 1.165) is 0 Å². The molecule has 0 aromatic heterocycles. The van der Waals surface area contributed by atoms with Crippen molar-refractivity contribution in [3.63, 3.8) is 0 Å². The van der Waals surface area contributed by atoms with Crippen LogP contribution >= 0.6 is 58.2 Å². The van der Waals surface area contributed by atoms with E-state index < -0.39 is 0 Å². The lowest BCUT2D eigenvalue weighted by Gasteiger charge is -1.99. The van der Waals surface area contributed by atoms with E-state index in [1.807, 2.05) is 0 Å². The molecule has 0 spiro atoms. The van der Waals surface area contributed by atoms with Crippen LogP contribution in [0.15, 0.2) is 46.3 Å². The first-order chi connectivity index (χ1) is 11.4. The van der Waals surface area contributed by atoms with Gasteiger partial charge in [0.05, 0.1) is 20.6 Å². The van der Waals surface area contributed by atoms with Crippen molar-refractivity contribution in [2.24, 2.45) is 4.99 Å². The third-order valence-corrected chi connectivity index (χ3v) is 5.25. The number of thioether (sulfide) groups is 1. The van der Waals surface area contributed by atoms with E-state index in [9.17, 15) is 4.79 Å². The molecule has 0 atom stereocenters. The number of nitrogens with zero attached hydrogens (tertiary/aromatic N) is 1.